The van der Waals surface area contributed by atoms with Crippen LogP contribution >= 0.6 is 23.1 Å². The highest BCUT2D eigenvalue weighted by Crippen LogP contribution is 2.47. The fraction of sp³-hybridized carbons (Fsp3) is 0.400. The molecule has 3 heterocycles. The second kappa shape index (κ2) is 8.19. The molecule has 7 nitrogen and oxygen atoms in total. The highest BCUT2D eigenvalue weighted by molar-refractivity contribution is 8.01. The lowest BCUT2D eigenvalue weighted by molar-refractivity contribution is -0.160. The van der Waals surface area contributed by atoms with E-state index in [1.165, 1.54) is 13.0 Å². The van der Waals surface area contributed by atoms with Gasteiger partial charge in [-0.2, -0.15) is 0 Å². The van der Waals surface area contributed by atoms with Gasteiger partial charge in [-0.3, -0.25) is 14.9 Å². The van der Waals surface area contributed by atoms with E-state index in [2.05, 4.69) is 10.3 Å². The van der Waals surface area contributed by atoms with Crippen LogP contribution in [0.3, 0.4) is 0 Å². The zero-order chi connectivity index (χ0) is 22.3. The number of nitrogens with one attached hydrogen (secondary N) is 1. The number of carbonyl (C=O) groups excluding carboxylic acids is 3. The summed E-state index contributed by atoms with van der Waals surface area (Å²) < 4.78 is 31.8. The van der Waals surface area contributed by atoms with Crippen molar-refractivity contribution in [2.24, 2.45) is 0 Å². The predicted octanol–water partition coefficient (Wildman–Crippen LogP) is 3.41. The van der Waals surface area contributed by atoms with Crippen LogP contribution in [-0.2, 0) is 19.1 Å². The molecule has 0 spiro atoms. The zero-order valence-electron chi connectivity index (χ0n) is 16.7. The minimum Gasteiger partial charge on any atom is -0.451 e. The number of ether oxygens (including phenoxy) is 1. The Kier molecular flexibility index (Phi) is 5.73. The number of aromatic nitrogens is 1. The summed E-state index contributed by atoms with van der Waals surface area (Å²) in [5.41, 5.74) is 0.742. The van der Waals surface area contributed by atoms with Gasteiger partial charge >= 0.3 is 5.97 Å². The van der Waals surface area contributed by atoms with Gasteiger partial charge in [-0.15, -0.1) is 23.1 Å². The van der Waals surface area contributed by atoms with Crippen molar-refractivity contribution in [1.29, 1.82) is 0 Å². The number of benzene rings is 1. The maximum atomic E-state index is 13.4. The van der Waals surface area contributed by atoms with Crippen LogP contribution in [0.25, 0.3) is 11.3 Å². The molecule has 0 radical (unpaired) electrons. The van der Waals surface area contributed by atoms with Crippen LogP contribution < -0.4 is 5.32 Å². The fourth-order valence-corrected chi connectivity index (χ4v) is 5.77. The number of halogens is 2. The smallest absolute Gasteiger partial charge is 0.330 e. The Labute approximate surface area is 185 Å². The number of nitrogens with zero attached hydrogens (tertiary/aromatic N) is 2. The molecule has 4 rings (SSSR count). The molecule has 2 aromatic rings. The van der Waals surface area contributed by atoms with Crippen LogP contribution in [0.1, 0.15) is 26.7 Å². The molecule has 1 aromatic heterocycles. The number of thiazole rings is 1. The van der Waals surface area contributed by atoms with E-state index < -0.39 is 40.5 Å². The third kappa shape index (κ3) is 4.16. The Balaban J connectivity index is 1.37. The van der Waals surface area contributed by atoms with Gasteiger partial charge in [0.1, 0.15) is 6.04 Å². The molecular formula is C20H19F2N3O4S2. The second-order valence-corrected chi connectivity index (χ2v) is 9.86. The largest absolute Gasteiger partial charge is 0.451 e. The maximum absolute atomic E-state index is 13.4. The molecule has 11 heteroatoms. The van der Waals surface area contributed by atoms with Crippen LogP contribution in [-0.4, -0.2) is 50.4 Å². The summed E-state index contributed by atoms with van der Waals surface area (Å²) >= 11 is 2.64. The number of fused-ring (bicyclic) bond motifs is 1. The summed E-state index contributed by atoms with van der Waals surface area (Å²) in [6.07, 6.45) is -0.0217. The van der Waals surface area contributed by atoms with E-state index in [0.717, 1.165) is 23.5 Å². The fourth-order valence-electron chi connectivity index (χ4n) is 3.63. The standard InChI is InChI=1S/C20H19F2N3O4S2/c1-10(29-18(28)15-9-31-20(2)6-5-16(26)25(15)20)17(27)24-19-23-14(8-30-19)11-3-4-12(21)13(22)7-11/h3-4,7-8,10,15H,5-6,9H2,1-2H3,(H,23,24,27). The van der Waals surface area contributed by atoms with Gasteiger partial charge in [0.15, 0.2) is 22.9 Å². The van der Waals surface area contributed by atoms with Crippen LogP contribution in [0, 0.1) is 11.6 Å². The number of hydrogen-bond acceptors (Lipinski definition) is 7. The first kappa shape index (κ1) is 21.7. The maximum Gasteiger partial charge on any atom is 0.330 e. The minimum absolute atomic E-state index is 0.0842. The Morgan fingerprint density at radius 3 is 2.87 bits per heavy atom. The summed E-state index contributed by atoms with van der Waals surface area (Å²) in [4.78, 5) is 42.6. The first-order chi connectivity index (χ1) is 14.7. The number of amides is 2. The number of anilines is 1. The highest BCUT2D eigenvalue weighted by Gasteiger charge is 2.53. The molecule has 0 bridgehead atoms. The van der Waals surface area contributed by atoms with Gasteiger partial charge in [0.05, 0.1) is 10.6 Å². The normalized spacial score (nSPS) is 23.5. The van der Waals surface area contributed by atoms with Gasteiger partial charge in [-0.05, 0) is 38.5 Å². The molecule has 3 unspecified atom stereocenters. The van der Waals surface area contributed by atoms with E-state index in [9.17, 15) is 23.2 Å². The molecule has 0 aliphatic carbocycles. The topological polar surface area (TPSA) is 88.6 Å². The molecule has 164 valence electrons. The SMILES string of the molecule is CC(OC(=O)C1CSC2(C)CCC(=O)N12)C(=O)Nc1nc(-c2ccc(F)c(F)c2)cs1. The van der Waals surface area contributed by atoms with Gasteiger partial charge in [0.2, 0.25) is 5.91 Å². The van der Waals surface area contributed by atoms with Crippen LogP contribution in [0.5, 0.6) is 0 Å². The summed E-state index contributed by atoms with van der Waals surface area (Å²) in [5, 5.41) is 4.37. The summed E-state index contributed by atoms with van der Waals surface area (Å²) in [6, 6.07) is 2.70. The van der Waals surface area contributed by atoms with Crippen molar-refractivity contribution in [3.63, 3.8) is 0 Å². The Bertz CT molecular complexity index is 1060. The molecule has 0 saturated carbocycles. The Morgan fingerprint density at radius 2 is 2.13 bits per heavy atom. The molecule has 2 saturated heterocycles. The number of esters is 1. The quantitative estimate of drug-likeness (QED) is 0.678. The van der Waals surface area contributed by atoms with E-state index in [-0.39, 0.29) is 11.0 Å². The van der Waals surface area contributed by atoms with Gasteiger partial charge in [-0.25, -0.2) is 18.6 Å². The van der Waals surface area contributed by atoms with E-state index in [1.807, 2.05) is 6.92 Å². The van der Waals surface area contributed by atoms with Gasteiger partial charge in [0.25, 0.3) is 5.91 Å². The van der Waals surface area contributed by atoms with E-state index in [4.69, 9.17) is 4.74 Å². The van der Waals surface area contributed by atoms with Gasteiger partial charge in [0, 0.05) is 23.1 Å². The average molecular weight is 468 g/mol. The van der Waals surface area contributed by atoms with Crippen molar-refractivity contribution in [1.82, 2.24) is 9.88 Å². The van der Waals surface area contributed by atoms with E-state index in [0.29, 0.717) is 29.9 Å². The van der Waals surface area contributed by atoms with E-state index in [1.54, 1.807) is 22.0 Å². The van der Waals surface area contributed by atoms with E-state index >= 15 is 0 Å². The van der Waals surface area contributed by atoms with Crippen LogP contribution in [0.2, 0.25) is 0 Å². The Hall–Kier alpha value is -2.53. The van der Waals surface area contributed by atoms with Gasteiger partial charge < -0.3 is 9.64 Å². The number of thioether (sulfide) groups is 1. The van der Waals surface area contributed by atoms with Crippen molar-refractivity contribution in [3.8, 4) is 11.3 Å². The summed E-state index contributed by atoms with van der Waals surface area (Å²) in [7, 11) is 0. The lowest BCUT2D eigenvalue weighted by Crippen LogP contribution is -2.48. The molecule has 2 fully saturated rings. The predicted molar refractivity (Wildman–Crippen MR) is 112 cm³/mol. The number of rotatable bonds is 5. The van der Waals surface area contributed by atoms with Crippen molar-refractivity contribution in [2.45, 2.75) is 43.7 Å². The molecule has 3 atom stereocenters. The molecule has 1 aromatic carbocycles. The van der Waals surface area contributed by atoms with Crippen molar-refractivity contribution in [3.05, 3.63) is 35.2 Å². The van der Waals surface area contributed by atoms with Crippen LogP contribution in [0.4, 0.5) is 13.9 Å². The first-order valence-electron chi connectivity index (χ1n) is 9.56. The third-order valence-corrected chi connectivity index (χ3v) is 7.59. The molecule has 1 N–H and O–H groups in total. The zero-order valence-corrected chi connectivity index (χ0v) is 18.3. The summed E-state index contributed by atoms with van der Waals surface area (Å²) in [6.45, 7) is 3.36. The second-order valence-electron chi connectivity index (χ2n) is 7.50. The van der Waals surface area contributed by atoms with Crippen molar-refractivity contribution in [2.75, 3.05) is 11.1 Å². The number of carbonyl (C=O) groups is 3. The average Bonchev–Trinajstić information content (AvgIpc) is 3.40. The van der Waals surface area contributed by atoms with Crippen molar-refractivity contribution < 1.29 is 27.9 Å². The molecule has 2 aliphatic rings. The highest BCUT2D eigenvalue weighted by atomic mass is 32.2. The molecular weight excluding hydrogens is 448 g/mol. The molecule has 31 heavy (non-hydrogen) atoms. The lowest BCUT2D eigenvalue weighted by atomic mass is 10.2. The molecule has 2 amide bonds. The van der Waals surface area contributed by atoms with Crippen molar-refractivity contribution >= 4 is 46.0 Å². The monoisotopic (exact) mass is 467 g/mol. The van der Waals surface area contributed by atoms with Crippen LogP contribution in [0.15, 0.2) is 23.6 Å². The third-order valence-electron chi connectivity index (χ3n) is 5.33. The lowest BCUT2D eigenvalue weighted by Gasteiger charge is -2.29. The Morgan fingerprint density at radius 1 is 1.35 bits per heavy atom. The molecule has 2 aliphatic heterocycles. The first-order valence-corrected chi connectivity index (χ1v) is 11.4. The number of hydrogen-bond donors (Lipinski definition) is 1. The summed E-state index contributed by atoms with van der Waals surface area (Å²) in [5.74, 6) is -2.80. The van der Waals surface area contributed by atoms with Gasteiger partial charge in [-0.1, -0.05) is 0 Å². The minimum atomic E-state index is -1.10.